The van der Waals surface area contributed by atoms with Crippen LogP contribution in [0.2, 0.25) is 0 Å². The Balaban J connectivity index is 2.71. The normalized spacial score (nSPS) is 12.8. The van der Waals surface area contributed by atoms with Crippen molar-refractivity contribution in [1.82, 2.24) is 4.90 Å². The van der Waals surface area contributed by atoms with Crippen molar-refractivity contribution in [1.29, 1.82) is 0 Å². The van der Waals surface area contributed by atoms with Crippen molar-refractivity contribution in [3.8, 4) is 5.75 Å². The lowest BCUT2D eigenvalue weighted by Crippen LogP contribution is -2.37. The molecule has 1 aromatic rings. The Bertz CT molecular complexity index is 448. The predicted molar refractivity (Wildman–Crippen MR) is 78.0 cm³/mol. The number of aromatic hydroxyl groups is 1. The van der Waals surface area contributed by atoms with Crippen molar-refractivity contribution in [2.24, 2.45) is 0 Å². The fourth-order valence-electron chi connectivity index (χ4n) is 1.60. The lowest BCUT2D eigenvalue weighted by atomic mass is 10.2. The maximum atomic E-state index is 11.8. The highest BCUT2D eigenvalue weighted by molar-refractivity contribution is 9.10. The highest BCUT2D eigenvalue weighted by atomic mass is 79.9. The van der Waals surface area contributed by atoms with E-state index in [1.165, 1.54) is 0 Å². The molecule has 1 rings (SSSR count). The van der Waals surface area contributed by atoms with E-state index in [9.17, 15) is 9.90 Å². The van der Waals surface area contributed by atoms with Crippen LogP contribution in [-0.2, 0) is 16.1 Å². The largest absolute Gasteiger partial charge is 0.507 e. The number of carbonyl (C=O) groups is 1. The van der Waals surface area contributed by atoms with Gasteiger partial charge in [-0.2, -0.15) is 0 Å². The molecular weight excluding hydrogens is 310 g/mol. The number of halogens is 1. The Morgan fingerprint density at radius 3 is 2.63 bits per heavy atom. The number of phenols is 1. The second-order valence-electron chi connectivity index (χ2n) is 4.83. The summed E-state index contributed by atoms with van der Waals surface area (Å²) in [5, 5.41) is 9.62. The third-order valence-electron chi connectivity index (χ3n) is 2.83. The van der Waals surface area contributed by atoms with E-state index < -0.39 is 0 Å². The SMILES string of the molecule is CC(C)OC(=O)C(C)N(C)Cc1cccc(O)c1Br. The molecule has 1 N–H and O–H groups in total. The summed E-state index contributed by atoms with van der Waals surface area (Å²) in [5.41, 5.74) is 0.923. The van der Waals surface area contributed by atoms with Crippen molar-refractivity contribution in [2.45, 2.75) is 39.5 Å². The molecule has 0 amide bonds. The highest BCUT2D eigenvalue weighted by Crippen LogP contribution is 2.28. The minimum atomic E-state index is -0.336. The number of ether oxygens (including phenoxy) is 1. The van der Waals surface area contributed by atoms with Gasteiger partial charge in [-0.3, -0.25) is 9.69 Å². The van der Waals surface area contributed by atoms with Gasteiger partial charge < -0.3 is 9.84 Å². The van der Waals surface area contributed by atoms with Gasteiger partial charge in [0.05, 0.1) is 10.6 Å². The number of carbonyl (C=O) groups excluding carboxylic acids is 1. The molecule has 0 aromatic heterocycles. The van der Waals surface area contributed by atoms with Crippen molar-refractivity contribution >= 4 is 21.9 Å². The van der Waals surface area contributed by atoms with Crippen LogP contribution in [0.4, 0.5) is 0 Å². The van der Waals surface area contributed by atoms with E-state index in [1.807, 2.05) is 31.9 Å². The van der Waals surface area contributed by atoms with Crippen LogP contribution in [-0.4, -0.2) is 35.2 Å². The minimum absolute atomic E-state index is 0.115. The Kier molecular flexibility index (Phi) is 5.82. The molecule has 0 aliphatic carbocycles. The highest BCUT2D eigenvalue weighted by Gasteiger charge is 2.21. The maximum absolute atomic E-state index is 11.8. The quantitative estimate of drug-likeness (QED) is 0.844. The summed E-state index contributed by atoms with van der Waals surface area (Å²) in [7, 11) is 1.85. The molecular formula is C14H20BrNO3. The summed E-state index contributed by atoms with van der Waals surface area (Å²) in [6.07, 6.45) is -0.115. The average Bonchev–Trinajstić information content (AvgIpc) is 2.33. The molecule has 0 heterocycles. The summed E-state index contributed by atoms with van der Waals surface area (Å²) in [5.74, 6) is -0.0444. The predicted octanol–water partition coefficient (Wildman–Crippen LogP) is 2.93. The number of hydrogen-bond donors (Lipinski definition) is 1. The number of likely N-dealkylation sites (N-methyl/N-ethyl adjacent to an activating group) is 1. The maximum Gasteiger partial charge on any atom is 0.323 e. The Labute approximate surface area is 122 Å². The number of esters is 1. The van der Waals surface area contributed by atoms with E-state index in [2.05, 4.69) is 15.9 Å². The van der Waals surface area contributed by atoms with Crippen LogP contribution >= 0.6 is 15.9 Å². The van der Waals surface area contributed by atoms with Crippen LogP contribution in [0.15, 0.2) is 22.7 Å². The molecule has 19 heavy (non-hydrogen) atoms. The van der Waals surface area contributed by atoms with Gasteiger partial charge in [0, 0.05) is 6.54 Å². The first kappa shape index (κ1) is 16.0. The molecule has 4 nitrogen and oxygen atoms in total. The topological polar surface area (TPSA) is 49.8 Å². The smallest absolute Gasteiger partial charge is 0.323 e. The average molecular weight is 330 g/mol. The fourth-order valence-corrected chi connectivity index (χ4v) is 1.99. The molecule has 0 saturated carbocycles. The molecule has 1 unspecified atom stereocenters. The van der Waals surface area contributed by atoms with Crippen LogP contribution < -0.4 is 0 Å². The zero-order valence-electron chi connectivity index (χ0n) is 11.7. The number of nitrogens with zero attached hydrogens (tertiary/aromatic N) is 1. The molecule has 5 heteroatoms. The molecule has 0 radical (unpaired) electrons. The molecule has 0 bridgehead atoms. The second-order valence-corrected chi connectivity index (χ2v) is 5.62. The molecule has 0 aliphatic rings. The van der Waals surface area contributed by atoms with E-state index in [0.29, 0.717) is 11.0 Å². The molecule has 0 aliphatic heterocycles. The zero-order valence-corrected chi connectivity index (χ0v) is 13.3. The van der Waals surface area contributed by atoms with Crippen molar-refractivity contribution in [2.75, 3.05) is 7.05 Å². The first-order valence-electron chi connectivity index (χ1n) is 6.20. The van der Waals surface area contributed by atoms with Gasteiger partial charge in [0.15, 0.2) is 0 Å². The molecule has 1 aromatic carbocycles. The molecule has 0 saturated heterocycles. The van der Waals surface area contributed by atoms with E-state index >= 15 is 0 Å². The second kappa shape index (κ2) is 6.91. The van der Waals surface area contributed by atoms with Crippen LogP contribution in [0.25, 0.3) is 0 Å². The first-order chi connectivity index (χ1) is 8.82. The molecule has 106 valence electrons. The lowest BCUT2D eigenvalue weighted by molar-refractivity contribution is -0.152. The Morgan fingerprint density at radius 2 is 2.05 bits per heavy atom. The minimum Gasteiger partial charge on any atom is -0.507 e. The first-order valence-corrected chi connectivity index (χ1v) is 6.99. The van der Waals surface area contributed by atoms with E-state index in [0.717, 1.165) is 5.56 Å². The summed E-state index contributed by atoms with van der Waals surface area (Å²) < 4.78 is 5.84. The lowest BCUT2D eigenvalue weighted by Gasteiger charge is -2.24. The molecule has 0 fully saturated rings. The zero-order chi connectivity index (χ0) is 14.6. The Hall–Kier alpha value is -1.07. The molecule has 1 atom stereocenters. The summed E-state index contributed by atoms with van der Waals surface area (Å²) in [6.45, 7) is 6.01. The van der Waals surface area contributed by atoms with Gasteiger partial charge in [0.25, 0.3) is 0 Å². The van der Waals surface area contributed by atoms with E-state index in [1.54, 1.807) is 19.1 Å². The monoisotopic (exact) mass is 329 g/mol. The summed E-state index contributed by atoms with van der Waals surface area (Å²) in [4.78, 5) is 13.7. The third-order valence-corrected chi connectivity index (χ3v) is 3.75. The molecule has 0 spiro atoms. The third kappa shape index (κ3) is 4.51. The van der Waals surface area contributed by atoms with Gasteiger partial charge in [0.1, 0.15) is 11.8 Å². The van der Waals surface area contributed by atoms with Gasteiger partial charge in [-0.15, -0.1) is 0 Å². The van der Waals surface area contributed by atoms with Crippen molar-refractivity contribution in [3.05, 3.63) is 28.2 Å². The summed E-state index contributed by atoms with van der Waals surface area (Å²) >= 11 is 3.34. The van der Waals surface area contributed by atoms with Gasteiger partial charge >= 0.3 is 5.97 Å². The Morgan fingerprint density at radius 1 is 1.42 bits per heavy atom. The fraction of sp³-hybridized carbons (Fsp3) is 0.500. The number of rotatable bonds is 5. The number of benzene rings is 1. The van der Waals surface area contributed by atoms with Crippen molar-refractivity contribution in [3.63, 3.8) is 0 Å². The van der Waals surface area contributed by atoms with E-state index in [-0.39, 0.29) is 23.9 Å². The van der Waals surface area contributed by atoms with Crippen LogP contribution in [0.1, 0.15) is 26.3 Å². The van der Waals surface area contributed by atoms with Gasteiger partial charge in [-0.1, -0.05) is 12.1 Å². The van der Waals surface area contributed by atoms with Crippen LogP contribution in [0.3, 0.4) is 0 Å². The number of phenolic OH excluding ortho intramolecular Hbond substituents is 1. The summed E-state index contributed by atoms with van der Waals surface area (Å²) in [6, 6.07) is 4.96. The van der Waals surface area contributed by atoms with Crippen LogP contribution in [0, 0.1) is 0 Å². The van der Waals surface area contributed by atoms with Crippen LogP contribution in [0.5, 0.6) is 5.75 Å². The van der Waals surface area contributed by atoms with Gasteiger partial charge in [0.2, 0.25) is 0 Å². The van der Waals surface area contributed by atoms with Gasteiger partial charge in [-0.05, 0) is 55.4 Å². The standard InChI is InChI=1S/C14H20BrNO3/c1-9(2)19-14(18)10(3)16(4)8-11-6-5-7-12(17)13(11)15/h5-7,9-10,17H,8H2,1-4H3. The van der Waals surface area contributed by atoms with E-state index in [4.69, 9.17) is 4.74 Å². The number of hydrogen-bond acceptors (Lipinski definition) is 4. The van der Waals surface area contributed by atoms with Gasteiger partial charge in [-0.25, -0.2) is 0 Å². The van der Waals surface area contributed by atoms with Crippen molar-refractivity contribution < 1.29 is 14.6 Å².